The lowest BCUT2D eigenvalue weighted by atomic mass is 10.2. The number of hydrogen-bond acceptors (Lipinski definition) is 2. The second-order valence-electron chi connectivity index (χ2n) is 2.97. The molecule has 1 N–H and O–H groups in total. The second-order valence-corrected chi connectivity index (χ2v) is 4.71. The molecule has 1 nitrogen and oxygen atoms in total. The van der Waals surface area contributed by atoms with Gasteiger partial charge in [0.15, 0.2) is 0 Å². The summed E-state index contributed by atoms with van der Waals surface area (Å²) in [6, 6.07) is 6.10. The Balaban J connectivity index is 2.79. The molecule has 0 heterocycles. The molecule has 0 spiro atoms. The summed E-state index contributed by atoms with van der Waals surface area (Å²) in [7, 11) is 0. The molecule has 0 unspecified atom stereocenters. The first kappa shape index (κ1) is 11.9. The number of hydrogen-bond donors (Lipinski definition) is 1. The third kappa shape index (κ3) is 3.52. The van der Waals surface area contributed by atoms with Crippen LogP contribution in [-0.4, -0.2) is 12.3 Å². The second kappa shape index (κ2) is 6.33. The van der Waals surface area contributed by atoms with E-state index in [1.165, 1.54) is 10.5 Å². The fraction of sp³-hybridized carbons (Fsp3) is 0.455. The minimum absolute atomic E-state index is 0.818. The number of halogens is 1. The summed E-state index contributed by atoms with van der Waals surface area (Å²) in [4.78, 5) is 1.33. The molecule has 0 aromatic heterocycles. The zero-order valence-electron chi connectivity index (χ0n) is 8.64. The Kier molecular flexibility index (Phi) is 5.38. The Hall–Kier alpha value is -0.180. The van der Waals surface area contributed by atoms with E-state index in [1.54, 1.807) is 0 Å². The molecule has 0 bridgehead atoms. The molecule has 0 amide bonds. The summed E-state index contributed by atoms with van der Waals surface area (Å²) in [5.74, 6) is 1.10. The number of nitrogens with one attached hydrogen (secondary N) is 1. The highest BCUT2D eigenvalue weighted by molar-refractivity contribution is 7.99. The van der Waals surface area contributed by atoms with Gasteiger partial charge in [0.05, 0.1) is 0 Å². The van der Waals surface area contributed by atoms with E-state index in [0.717, 1.165) is 23.9 Å². The highest BCUT2D eigenvalue weighted by atomic mass is 35.5. The van der Waals surface area contributed by atoms with Crippen molar-refractivity contribution in [1.82, 2.24) is 5.32 Å². The van der Waals surface area contributed by atoms with Crippen LogP contribution in [0.25, 0.3) is 0 Å². The van der Waals surface area contributed by atoms with Gasteiger partial charge in [-0.3, -0.25) is 0 Å². The van der Waals surface area contributed by atoms with E-state index in [1.807, 2.05) is 23.9 Å². The maximum absolute atomic E-state index is 5.96. The minimum Gasteiger partial charge on any atom is -0.313 e. The van der Waals surface area contributed by atoms with Gasteiger partial charge in [-0.25, -0.2) is 0 Å². The predicted molar refractivity (Wildman–Crippen MR) is 65.2 cm³/mol. The first-order valence-electron chi connectivity index (χ1n) is 4.89. The van der Waals surface area contributed by atoms with Gasteiger partial charge < -0.3 is 5.32 Å². The molecule has 0 saturated heterocycles. The zero-order valence-corrected chi connectivity index (χ0v) is 10.2. The standard InChI is InChI=1S/C11H16ClNS/c1-3-13-8-9-7-10(12)5-6-11(9)14-4-2/h5-7,13H,3-4,8H2,1-2H3. The average Bonchev–Trinajstić information content (AvgIpc) is 2.18. The average molecular weight is 230 g/mol. The van der Waals surface area contributed by atoms with Crippen molar-refractivity contribution in [2.24, 2.45) is 0 Å². The lowest BCUT2D eigenvalue weighted by Crippen LogP contribution is -2.12. The molecule has 0 fully saturated rings. The third-order valence-electron chi connectivity index (χ3n) is 1.89. The van der Waals surface area contributed by atoms with E-state index >= 15 is 0 Å². The van der Waals surface area contributed by atoms with Gasteiger partial charge in [0.25, 0.3) is 0 Å². The number of benzene rings is 1. The van der Waals surface area contributed by atoms with Crippen LogP contribution in [0.15, 0.2) is 23.1 Å². The molecule has 0 saturated carbocycles. The van der Waals surface area contributed by atoms with Crippen molar-refractivity contribution in [3.63, 3.8) is 0 Å². The maximum Gasteiger partial charge on any atom is 0.0410 e. The zero-order chi connectivity index (χ0) is 10.4. The van der Waals surface area contributed by atoms with Crippen molar-refractivity contribution in [3.8, 4) is 0 Å². The van der Waals surface area contributed by atoms with Gasteiger partial charge in [-0.2, -0.15) is 0 Å². The normalized spacial score (nSPS) is 10.5. The highest BCUT2D eigenvalue weighted by Crippen LogP contribution is 2.25. The Morgan fingerprint density at radius 2 is 2.14 bits per heavy atom. The van der Waals surface area contributed by atoms with E-state index < -0.39 is 0 Å². The monoisotopic (exact) mass is 229 g/mol. The van der Waals surface area contributed by atoms with E-state index in [9.17, 15) is 0 Å². The lowest BCUT2D eigenvalue weighted by Gasteiger charge is -2.09. The van der Waals surface area contributed by atoms with Gasteiger partial charge in [0, 0.05) is 16.5 Å². The van der Waals surface area contributed by atoms with Crippen molar-refractivity contribution in [2.75, 3.05) is 12.3 Å². The molecule has 1 rings (SSSR count). The van der Waals surface area contributed by atoms with Gasteiger partial charge in [-0.1, -0.05) is 25.4 Å². The molecule has 1 aromatic carbocycles. The largest absolute Gasteiger partial charge is 0.313 e. The molecule has 0 aliphatic rings. The van der Waals surface area contributed by atoms with Crippen LogP contribution in [0.5, 0.6) is 0 Å². The molecule has 14 heavy (non-hydrogen) atoms. The van der Waals surface area contributed by atoms with Crippen molar-refractivity contribution in [3.05, 3.63) is 28.8 Å². The summed E-state index contributed by atoms with van der Waals surface area (Å²) >= 11 is 7.82. The molecule has 0 aliphatic heterocycles. The summed E-state index contributed by atoms with van der Waals surface area (Å²) in [5, 5.41) is 4.14. The van der Waals surface area contributed by atoms with Crippen LogP contribution in [0.3, 0.4) is 0 Å². The van der Waals surface area contributed by atoms with Gasteiger partial charge in [0.2, 0.25) is 0 Å². The van der Waals surface area contributed by atoms with Crippen molar-refractivity contribution >= 4 is 23.4 Å². The minimum atomic E-state index is 0.818. The van der Waals surface area contributed by atoms with Crippen molar-refractivity contribution in [1.29, 1.82) is 0 Å². The Morgan fingerprint density at radius 1 is 1.36 bits per heavy atom. The molecule has 3 heteroatoms. The Morgan fingerprint density at radius 3 is 2.79 bits per heavy atom. The quantitative estimate of drug-likeness (QED) is 0.775. The SMILES string of the molecule is CCNCc1cc(Cl)ccc1SCC. The Bertz CT molecular complexity index is 289. The molecule has 78 valence electrons. The molecule has 0 radical (unpaired) electrons. The van der Waals surface area contributed by atoms with Gasteiger partial charge in [-0.05, 0) is 36.1 Å². The number of thioether (sulfide) groups is 1. The van der Waals surface area contributed by atoms with Crippen LogP contribution in [0.1, 0.15) is 19.4 Å². The van der Waals surface area contributed by atoms with Crippen LogP contribution in [0.4, 0.5) is 0 Å². The molecule has 0 aliphatic carbocycles. The fourth-order valence-electron chi connectivity index (χ4n) is 1.24. The number of rotatable bonds is 5. The first-order valence-corrected chi connectivity index (χ1v) is 6.26. The van der Waals surface area contributed by atoms with E-state index in [2.05, 4.69) is 25.2 Å². The van der Waals surface area contributed by atoms with Crippen molar-refractivity contribution in [2.45, 2.75) is 25.3 Å². The smallest absolute Gasteiger partial charge is 0.0410 e. The molecular formula is C11H16ClNS. The summed E-state index contributed by atoms with van der Waals surface area (Å²) < 4.78 is 0. The van der Waals surface area contributed by atoms with E-state index in [4.69, 9.17) is 11.6 Å². The van der Waals surface area contributed by atoms with Gasteiger partial charge in [-0.15, -0.1) is 11.8 Å². The first-order chi connectivity index (χ1) is 6.77. The van der Waals surface area contributed by atoms with Crippen LogP contribution >= 0.6 is 23.4 Å². The van der Waals surface area contributed by atoms with Gasteiger partial charge >= 0.3 is 0 Å². The Labute approximate surface area is 95.2 Å². The van der Waals surface area contributed by atoms with Crippen molar-refractivity contribution < 1.29 is 0 Å². The van der Waals surface area contributed by atoms with E-state index in [0.29, 0.717) is 0 Å². The molecular weight excluding hydrogens is 214 g/mol. The maximum atomic E-state index is 5.96. The summed E-state index contributed by atoms with van der Waals surface area (Å²) in [6.45, 7) is 6.16. The molecule has 1 aromatic rings. The fourth-order valence-corrected chi connectivity index (χ4v) is 2.23. The van der Waals surface area contributed by atoms with Crippen LogP contribution in [0.2, 0.25) is 5.02 Å². The van der Waals surface area contributed by atoms with Gasteiger partial charge in [0.1, 0.15) is 0 Å². The highest BCUT2D eigenvalue weighted by Gasteiger charge is 2.02. The summed E-state index contributed by atoms with van der Waals surface area (Å²) in [5.41, 5.74) is 1.30. The van der Waals surface area contributed by atoms with Crippen LogP contribution in [0, 0.1) is 0 Å². The van der Waals surface area contributed by atoms with E-state index in [-0.39, 0.29) is 0 Å². The van der Waals surface area contributed by atoms with Crippen LogP contribution in [-0.2, 0) is 6.54 Å². The topological polar surface area (TPSA) is 12.0 Å². The third-order valence-corrected chi connectivity index (χ3v) is 3.12. The lowest BCUT2D eigenvalue weighted by molar-refractivity contribution is 0.718. The summed E-state index contributed by atoms with van der Waals surface area (Å²) in [6.07, 6.45) is 0. The van der Waals surface area contributed by atoms with Crippen LogP contribution < -0.4 is 5.32 Å². The predicted octanol–water partition coefficient (Wildman–Crippen LogP) is 3.56. The molecule has 0 atom stereocenters.